The van der Waals surface area contributed by atoms with Gasteiger partial charge in [0.05, 0.1) is 11.5 Å². The molecule has 4 aliphatic rings. The third-order valence-corrected chi connectivity index (χ3v) is 7.60. The van der Waals surface area contributed by atoms with Crippen molar-refractivity contribution in [2.45, 2.75) is 58.3 Å². The van der Waals surface area contributed by atoms with Crippen molar-refractivity contribution >= 4 is 11.6 Å². The number of fused-ring (bicyclic) bond motifs is 5. The molecule has 1 fully saturated rings. The topological polar surface area (TPSA) is 94.8 Å². The van der Waals surface area contributed by atoms with Gasteiger partial charge in [-0.1, -0.05) is 36.3 Å². The van der Waals surface area contributed by atoms with E-state index in [1.807, 2.05) is 19.9 Å². The van der Waals surface area contributed by atoms with E-state index >= 15 is 0 Å². The van der Waals surface area contributed by atoms with Crippen LogP contribution in [0.4, 0.5) is 0 Å². The first kappa shape index (κ1) is 17.8. The van der Waals surface area contributed by atoms with Crippen LogP contribution in [-0.4, -0.2) is 45.2 Å². The van der Waals surface area contributed by atoms with Gasteiger partial charge in [0, 0.05) is 23.3 Å². The molecular weight excluding hydrogens is 332 g/mol. The normalized spacial score (nSPS) is 47.2. The summed E-state index contributed by atoms with van der Waals surface area (Å²) in [5.74, 6) is -0.313. The average Bonchev–Trinajstić information content (AvgIpc) is 2.95. The number of Topliss-reactive ketones (excluding diaryl/α,β-unsaturated/α-hetero) is 2. The Morgan fingerprint density at radius 3 is 2.50 bits per heavy atom. The molecule has 3 unspecified atom stereocenters. The van der Waals surface area contributed by atoms with Gasteiger partial charge in [0.25, 0.3) is 0 Å². The number of hydrogen-bond acceptors (Lipinski definition) is 5. The zero-order chi connectivity index (χ0) is 19.0. The molecule has 0 aliphatic heterocycles. The van der Waals surface area contributed by atoms with E-state index in [9.17, 15) is 24.9 Å². The molecule has 0 spiro atoms. The summed E-state index contributed by atoms with van der Waals surface area (Å²) in [6.45, 7) is 5.28. The summed E-state index contributed by atoms with van der Waals surface area (Å²) < 4.78 is 0. The number of aliphatic hydroxyl groups is 3. The van der Waals surface area contributed by atoms with Crippen LogP contribution in [0.3, 0.4) is 0 Å². The molecule has 26 heavy (non-hydrogen) atoms. The number of carbonyl (C=O) groups excluding carboxylic acids is 2. The predicted octanol–water partition coefficient (Wildman–Crippen LogP) is 1.48. The zero-order valence-electron chi connectivity index (χ0n) is 15.4. The van der Waals surface area contributed by atoms with Crippen molar-refractivity contribution in [1.82, 2.24) is 0 Å². The Kier molecular flexibility index (Phi) is 3.75. The van der Waals surface area contributed by atoms with E-state index in [4.69, 9.17) is 0 Å². The Labute approximate surface area is 153 Å². The van der Waals surface area contributed by atoms with E-state index in [1.54, 1.807) is 6.08 Å². The fourth-order valence-corrected chi connectivity index (χ4v) is 5.96. The lowest BCUT2D eigenvalue weighted by atomic mass is 9.49. The van der Waals surface area contributed by atoms with Crippen molar-refractivity contribution in [1.29, 1.82) is 0 Å². The molecule has 1 saturated carbocycles. The molecule has 0 aromatic heterocycles. The minimum absolute atomic E-state index is 0.0267. The average molecular weight is 358 g/mol. The maximum atomic E-state index is 13.2. The highest BCUT2D eigenvalue weighted by Crippen LogP contribution is 2.62. The van der Waals surface area contributed by atoms with Crippen LogP contribution in [-0.2, 0) is 9.59 Å². The Hall–Kier alpha value is -1.56. The van der Waals surface area contributed by atoms with Gasteiger partial charge >= 0.3 is 0 Å². The lowest BCUT2D eigenvalue weighted by molar-refractivity contribution is -0.140. The third kappa shape index (κ3) is 1.97. The number of aliphatic hydroxyl groups excluding tert-OH is 3. The van der Waals surface area contributed by atoms with Crippen molar-refractivity contribution in [3.8, 4) is 0 Å². The largest absolute Gasteiger partial charge is 0.389 e. The van der Waals surface area contributed by atoms with Crippen molar-refractivity contribution in [3.05, 3.63) is 34.9 Å². The minimum atomic E-state index is -1.26. The second-order valence-corrected chi connectivity index (χ2v) is 8.65. The van der Waals surface area contributed by atoms with Crippen LogP contribution in [0, 0.1) is 22.7 Å². The molecule has 0 heterocycles. The summed E-state index contributed by atoms with van der Waals surface area (Å²) >= 11 is 0. The van der Waals surface area contributed by atoms with E-state index in [0.717, 1.165) is 11.1 Å². The van der Waals surface area contributed by atoms with Gasteiger partial charge in [0.1, 0.15) is 18.0 Å². The van der Waals surface area contributed by atoms with Gasteiger partial charge in [-0.05, 0) is 32.6 Å². The first-order valence-corrected chi connectivity index (χ1v) is 9.33. The molecule has 0 saturated heterocycles. The zero-order valence-corrected chi connectivity index (χ0v) is 15.4. The van der Waals surface area contributed by atoms with Crippen LogP contribution in [0.15, 0.2) is 34.9 Å². The van der Waals surface area contributed by atoms with E-state index in [-0.39, 0.29) is 29.8 Å². The fraction of sp³-hybridized carbons (Fsp3) is 0.619. The van der Waals surface area contributed by atoms with Crippen molar-refractivity contribution in [3.63, 3.8) is 0 Å². The van der Waals surface area contributed by atoms with Gasteiger partial charge in [-0.25, -0.2) is 0 Å². The summed E-state index contributed by atoms with van der Waals surface area (Å²) in [5.41, 5.74) is 1.04. The van der Waals surface area contributed by atoms with Crippen molar-refractivity contribution in [2.75, 3.05) is 0 Å². The van der Waals surface area contributed by atoms with Crippen LogP contribution >= 0.6 is 0 Å². The molecule has 3 N–H and O–H groups in total. The quantitative estimate of drug-likeness (QED) is 0.617. The molecule has 5 heteroatoms. The molecular formula is C21H26O5. The highest BCUT2D eigenvalue weighted by Gasteiger charge is 2.61. The summed E-state index contributed by atoms with van der Waals surface area (Å²) in [5, 5.41) is 31.1. The lowest BCUT2D eigenvalue weighted by Crippen LogP contribution is -2.59. The van der Waals surface area contributed by atoms with Gasteiger partial charge in [0.15, 0.2) is 5.78 Å². The summed E-state index contributed by atoms with van der Waals surface area (Å²) in [7, 11) is 0. The Bertz CT molecular complexity index is 790. The monoisotopic (exact) mass is 358 g/mol. The second kappa shape index (κ2) is 5.47. The van der Waals surface area contributed by atoms with E-state index in [2.05, 4.69) is 6.08 Å². The van der Waals surface area contributed by atoms with Gasteiger partial charge < -0.3 is 15.3 Å². The van der Waals surface area contributed by atoms with E-state index in [1.165, 1.54) is 6.92 Å². The van der Waals surface area contributed by atoms with Gasteiger partial charge in [0.2, 0.25) is 0 Å². The molecule has 0 aromatic carbocycles. The number of allylic oxidation sites excluding steroid dienone is 4. The van der Waals surface area contributed by atoms with Crippen LogP contribution in [0.2, 0.25) is 0 Å². The Balaban J connectivity index is 1.82. The first-order valence-electron chi connectivity index (χ1n) is 9.33. The Morgan fingerprint density at radius 2 is 1.85 bits per heavy atom. The van der Waals surface area contributed by atoms with Crippen LogP contribution < -0.4 is 0 Å². The lowest BCUT2D eigenvalue weighted by Gasteiger charge is -2.55. The van der Waals surface area contributed by atoms with E-state index < -0.39 is 29.1 Å². The Morgan fingerprint density at radius 1 is 1.15 bits per heavy atom. The summed E-state index contributed by atoms with van der Waals surface area (Å²) in [4.78, 5) is 25.3. The second-order valence-electron chi connectivity index (χ2n) is 8.65. The third-order valence-electron chi connectivity index (χ3n) is 7.60. The summed E-state index contributed by atoms with van der Waals surface area (Å²) in [6.07, 6.45) is 3.62. The highest BCUT2D eigenvalue weighted by atomic mass is 16.4. The van der Waals surface area contributed by atoms with Gasteiger partial charge in [-0.15, -0.1) is 0 Å². The molecule has 0 radical (unpaired) electrons. The SMILES string of the molecule is CC(=O)C1=CC[C@H]2C3=CCC4=CC(O)C(O)C(O)[C@]4(C)[C@H]3CC(=O)[C@]12C. The molecule has 4 rings (SSSR count). The maximum Gasteiger partial charge on any atom is 0.156 e. The summed E-state index contributed by atoms with van der Waals surface area (Å²) in [6, 6.07) is 0. The first-order chi connectivity index (χ1) is 12.1. The fourth-order valence-electron chi connectivity index (χ4n) is 5.96. The van der Waals surface area contributed by atoms with Crippen LogP contribution in [0.25, 0.3) is 0 Å². The molecule has 5 nitrogen and oxygen atoms in total. The van der Waals surface area contributed by atoms with Crippen molar-refractivity contribution < 1.29 is 24.9 Å². The van der Waals surface area contributed by atoms with Crippen LogP contribution in [0.5, 0.6) is 0 Å². The predicted molar refractivity (Wildman–Crippen MR) is 95.0 cm³/mol. The van der Waals surface area contributed by atoms with E-state index in [0.29, 0.717) is 18.4 Å². The standard InChI is InChI=1S/C21H26O5/c1-10(22)13-6-7-14-12-5-4-11-8-16(23)18(25)19(26)20(11,2)15(12)9-17(24)21(13,14)3/h5-6,8,14-16,18-19,23,25-26H,4,7,9H2,1-3H3/t14-,15-,16?,18?,19?,20-,21+/m0/s1. The van der Waals surface area contributed by atoms with Gasteiger partial charge in [-0.2, -0.15) is 0 Å². The molecule has 0 amide bonds. The number of rotatable bonds is 1. The number of hydrogen-bond donors (Lipinski definition) is 3. The smallest absolute Gasteiger partial charge is 0.156 e. The number of ketones is 2. The molecule has 140 valence electrons. The van der Waals surface area contributed by atoms with Crippen molar-refractivity contribution in [2.24, 2.45) is 22.7 Å². The maximum absolute atomic E-state index is 13.2. The molecule has 4 aliphatic carbocycles. The van der Waals surface area contributed by atoms with Crippen LogP contribution in [0.1, 0.15) is 40.0 Å². The van der Waals surface area contributed by atoms with Gasteiger partial charge in [-0.3, -0.25) is 9.59 Å². The highest BCUT2D eigenvalue weighted by molar-refractivity contribution is 6.05. The molecule has 0 bridgehead atoms. The number of carbonyl (C=O) groups is 2. The minimum Gasteiger partial charge on any atom is -0.389 e. The molecule has 0 aromatic rings. The molecule has 7 atom stereocenters.